The van der Waals surface area contributed by atoms with Gasteiger partial charge in [0, 0.05) is 10.5 Å². The minimum atomic E-state index is 0.541. The van der Waals surface area contributed by atoms with Crippen molar-refractivity contribution in [2.45, 2.75) is 30.6 Å². The molecule has 0 bridgehead atoms. The average Bonchev–Trinajstić information content (AvgIpc) is 2.52. The number of thioether (sulfide) groups is 1. The fourth-order valence-corrected chi connectivity index (χ4v) is 3.38. The van der Waals surface area contributed by atoms with Crippen LogP contribution in [0.4, 0.5) is 0 Å². The molecule has 0 unspecified atom stereocenters. The smallest absolute Gasteiger partial charge is 0.151 e. The molecule has 0 saturated carbocycles. The number of unbranched alkanes of at least 4 members (excludes halogenated alkanes) is 2. The summed E-state index contributed by atoms with van der Waals surface area (Å²) in [7, 11) is 0. The van der Waals surface area contributed by atoms with E-state index < -0.39 is 0 Å². The van der Waals surface area contributed by atoms with Gasteiger partial charge in [0.2, 0.25) is 0 Å². The first-order chi connectivity index (χ1) is 10.3. The number of hydrogen-bond acceptors (Lipinski definition) is 2. The monoisotopic (exact) mass is 318 g/mol. The highest BCUT2D eigenvalue weighted by Crippen LogP contribution is 2.25. The molecule has 0 amide bonds. The Morgan fingerprint density at radius 2 is 1.81 bits per heavy atom. The predicted octanol–water partition coefficient (Wildman–Crippen LogP) is 5.66. The van der Waals surface area contributed by atoms with E-state index >= 15 is 0 Å². The van der Waals surface area contributed by atoms with Crippen molar-refractivity contribution in [3.05, 3.63) is 64.7 Å². The quantitative estimate of drug-likeness (QED) is 0.355. The fraction of sp³-hybridized carbons (Fsp3) is 0.278. The lowest BCUT2D eigenvalue weighted by Gasteiger charge is -2.04. The van der Waals surface area contributed by atoms with Gasteiger partial charge in [0.05, 0.1) is 5.02 Å². The molecule has 0 fully saturated rings. The number of benzene rings is 2. The number of carbonyl (C=O) groups is 1. The number of hydrogen-bond donors (Lipinski definition) is 0. The number of rotatable bonds is 8. The van der Waals surface area contributed by atoms with E-state index in [-0.39, 0.29) is 0 Å². The van der Waals surface area contributed by atoms with Crippen LogP contribution in [0, 0.1) is 0 Å². The zero-order valence-corrected chi connectivity index (χ0v) is 13.5. The maximum absolute atomic E-state index is 10.7. The molecule has 0 radical (unpaired) electrons. The van der Waals surface area contributed by atoms with Crippen LogP contribution in [0.25, 0.3) is 0 Å². The Balaban J connectivity index is 1.63. The van der Waals surface area contributed by atoms with Crippen molar-refractivity contribution >= 4 is 29.6 Å². The van der Waals surface area contributed by atoms with Crippen LogP contribution >= 0.6 is 23.4 Å². The van der Waals surface area contributed by atoms with Crippen LogP contribution in [0.5, 0.6) is 0 Å². The second-order valence-corrected chi connectivity index (χ2v) is 6.52. The Bertz CT molecular complexity index is 569. The second kappa shape index (κ2) is 8.91. The topological polar surface area (TPSA) is 17.1 Å². The van der Waals surface area contributed by atoms with Crippen molar-refractivity contribution in [1.82, 2.24) is 0 Å². The first-order valence-electron chi connectivity index (χ1n) is 7.21. The number of carbonyl (C=O) groups excluding carboxylic acids is 1. The van der Waals surface area contributed by atoms with E-state index in [4.69, 9.17) is 11.6 Å². The van der Waals surface area contributed by atoms with Crippen LogP contribution in [-0.2, 0) is 6.42 Å². The summed E-state index contributed by atoms with van der Waals surface area (Å²) < 4.78 is 0. The third kappa shape index (κ3) is 5.56. The Morgan fingerprint density at radius 3 is 2.52 bits per heavy atom. The molecule has 110 valence electrons. The van der Waals surface area contributed by atoms with Gasteiger partial charge in [-0.25, -0.2) is 0 Å². The molecule has 0 aliphatic carbocycles. The van der Waals surface area contributed by atoms with Crippen LogP contribution < -0.4 is 0 Å². The highest BCUT2D eigenvalue weighted by Gasteiger charge is 2.01. The molecule has 0 spiro atoms. The summed E-state index contributed by atoms with van der Waals surface area (Å²) in [5.74, 6) is 1.09. The van der Waals surface area contributed by atoms with Gasteiger partial charge in [-0.1, -0.05) is 48.4 Å². The van der Waals surface area contributed by atoms with Gasteiger partial charge in [-0.2, -0.15) is 0 Å². The molecule has 2 aromatic carbocycles. The first kappa shape index (κ1) is 16.1. The SMILES string of the molecule is O=Cc1ccc(SCCCCCc2ccccc2)cc1Cl. The van der Waals surface area contributed by atoms with E-state index in [1.807, 2.05) is 12.1 Å². The van der Waals surface area contributed by atoms with E-state index in [0.29, 0.717) is 10.6 Å². The number of aldehydes is 1. The van der Waals surface area contributed by atoms with Gasteiger partial charge in [-0.05, 0) is 48.8 Å². The van der Waals surface area contributed by atoms with Crippen molar-refractivity contribution in [2.24, 2.45) is 0 Å². The minimum Gasteiger partial charge on any atom is -0.298 e. The standard InChI is InChI=1S/C18H19ClOS/c19-18-13-17(11-10-16(18)14-20)21-12-6-2-5-9-15-7-3-1-4-8-15/h1,3-4,7-8,10-11,13-14H,2,5-6,9,12H2. The summed E-state index contributed by atoms with van der Waals surface area (Å²) in [6, 6.07) is 16.2. The molecule has 0 N–H and O–H groups in total. The molecule has 21 heavy (non-hydrogen) atoms. The Labute approximate surface area is 135 Å². The van der Waals surface area contributed by atoms with Gasteiger partial charge in [0.1, 0.15) is 0 Å². The molecule has 3 heteroatoms. The Morgan fingerprint density at radius 1 is 1.00 bits per heavy atom. The van der Waals surface area contributed by atoms with E-state index in [1.54, 1.807) is 17.8 Å². The lowest BCUT2D eigenvalue weighted by Crippen LogP contribution is -1.87. The molecule has 0 atom stereocenters. The van der Waals surface area contributed by atoms with E-state index in [1.165, 1.54) is 24.8 Å². The van der Waals surface area contributed by atoms with Crippen molar-refractivity contribution in [1.29, 1.82) is 0 Å². The Kier molecular flexibility index (Phi) is 6.84. The molecular formula is C18H19ClOS. The molecule has 0 aromatic heterocycles. The zero-order chi connectivity index (χ0) is 14.9. The molecule has 0 aliphatic rings. The van der Waals surface area contributed by atoms with Gasteiger partial charge in [-0.15, -0.1) is 11.8 Å². The van der Waals surface area contributed by atoms with Crippen molar-refractivity contribution < 1.29 is 4.79 Å². The van der Waals surface area contributed by atoms with Crippen molar-refractivity contribution in [3.63, 3.8) is 0 Å². The summed E-state index contributed by atoms with van der Waals surface area (Å²) in [4.78, 5) is 11.8. The molecular weight excluding hydrogens is 300 g/mol. The zero-order valence-electron chi connectivity index (χ0n) is 11.9. The third-order valence-corrected chi connectivity index (χ3v) is 4.73. The van der Waals surface area contributed by atoms with Crippen LogP contribution in [0.15, 0.2) is 53.4 Å². The molecule has 0 aliphatic heterocycles. The minimum absolute atomic E-state index is 0.541. The van der Waals surface area contributed by atoms with E-state index in [9.17, 15) is 4.79 Å². The molecule has 2 rings (SSSR count). The summed E-state index contributed by atoms with van der Waals surface area (Å²) in [6.07, 6.45) is 5.62. The third-order valence-electron chi connectivity index (χ3n) is 3.32. The highest BCUT2D eigenvalue weighted by molar-refractivity contribution is 7.99. The van der Waals surface area contributed by atoms with Gasteiger partial charge in [-0.3, -0.25) is 4.79 Å². The largest absolute Gasteiger partial charge is 0.298 e. The maximum Gasteiger partial charge on any atom is 0.151 e. The van der Waals surface area contributed by atoms with Gasteiger partial charge in [0.25, 0.3) is 0 Å². The summed E-state index contributed by atoms with van der Waals surface area (Å²) in [6.45, 7) is 0. The first-order valence-corrected chi connectivity index (χ1v) is 8.57. The predicted molar refractivity (Wildman–Crippen MR) is 91.6 cm³/mol. The van der Waals surface area contributed by atoms with E-state index in [0.717, 1.165) is 23.4 Å². The van der Waals surface area contributed by atoms with Crippen molar-refractivity contribution in [3.8, 4) is 0 Å². The van der Waals surface area contributed by atoms with Crippen LogP contribution in [0.3, 0.4) is 0 Å². The van der Waals surface area contributed by atoms with Crippen LogP contribution in [-0.4, -0.2) is 12.0 Å². The fourth-order valence-electron chi connectivity index (χ4n) is 2.14. The lowest BCUT2D eigenvalue weighted by atomic mass is 10.1. The summed E-state index contributed by atoms with van der Waals surface area (Å²) >= 11 is 7.81. The summed E-state index contributed by atoms with van der Waals surface area (Å²) in [5.41, 5.74) is 1.98. The number of aryl methyl sites for hydroxylation is 1. The van der Waals surface area contributed by atoms with Gasteiger partial charge in [0.15, 0.2) is 6.29 Å². The molecule has 0 heterocycles. The van der Waals surface area contributed by atoms with Gasteiger partial charge < -0.3 is 0 Å². The van der Waals surface area contributed by atoms with Crippen molar-refractivity contribution in [2.75, 3.05) is 5.75 Å². The normalized spacial score (nSPS) is 10.5. The van der Waals surface area contributed by atoms with Crippen LogP contribution in [0.2, 0.25) is 5.02 Å². The van der Waals surface area contributed by atoms with Crippen LogP contribution in [0.1, 0.15) is 35.2 Å². The molecule has 2 aromatic rings. The maximum atomic E-state index is 10.7. The highest BCUT2D eigenvalue weighted by atomic mass is 35.5. The summed E-state index contributed by atoms with van der Waals surface area (Å²) in [5, 5.41) is 0.541. The Hall–Kier alpha value is -1.25. The van der Waals surface area contributed by atoms with Gasteiger partial charge >= 0.3 is 0 Å². The van der Waals surface area contributed by atoms with E-state index in [2.05, 4.69) is 30.3 Å². The average molecular weight is 319 g/mol. The molecule has 1 nitrogen and oxygen atoms in total. The lowest BCUT2D eigenvalue weighted by molar-refractivity contribution is 0.112. The second-order valence-electron chi connectivity index (χ2n) is 4.95. The number of halogens is 1. The molecule has 0 saturated heterocycles.